The summed E-state index contributed by atoms with van der Waals surface area (Å²) in [4.78, 5) is 29.9. The Kier molecular flexibility index (Phi) is 5.98. The van der Waals surface area contributed by atoms with Crippen LogP contribution in [-0.4, -0.2) is 30.3 Å². The van der Waals surface area contributed by atoms with E-state index in [0.29, 0.717) is 6.54 Å². The Labute approximate surface area is 173 Å². The molecule has 4 nitrogen and oxygen atoms in total. The SMILES string of the molecule is CN(Cc1ccccc1)C(=O)C1CCC(C(=O)N2CCCc3ccccc32)CC1. The maximum atomic E-state index is 13.2. The van der Waals surface area contributed by atoms with Gasteiger partial charge >= 0.3 is 0 Å². The molecule has 0 N–H and O–H groups in total. The topological polar surface area (TPSA) is 40.6 Å². The number of benzene rings is 2. The van der Waals surface area contributed by atoms with Gasteiger partial charge < -0.3 is 9.80 Å². The van der Waals surface area contributed by atoms with E-state index in [9.17, 15) is 9.59 Å². The Hall–Kier alpha value is -2.62. The normalized spacial score (nSPS) is 21.3. The Bertz CT molecular complexity index is 856. The Morgan fingerprint density at radius 2 is 1.59 bits per heavy atom. The average Bonchev–Trinajstić information content (AvgIpc) is 2.78. The van der Waals surface area contributed by atoms with E-state index in [1.165, 1.54) is 5.56 Å². The van der Waals surface area contributed by atoms with E-state index >= 15 is 0 Å². The molecule has 1 saturated carbocycles. The lowest BCUT2D eigenvalue weighted by Crippen LogP contribution is -2.42. The van der Waals surface area contributed by atoms with Crippen LogP contribution in [0.15, 0.2) is 54.6 Å². The summed E-state index contributed by atoms with van der Waals surface area (Å²) in [6, 6.07) is 18.4. The molecular weight excluding hydrogens is 360 g/mol. The highest BCUT2D eigenvalue weighted by molar-refractivity contribution is 5.96. The minimum atomic E-state index is 0.0430. The first-order valence-electron chi connectivity index (χ1n) is 10.8. The van der Waals surface area contributed by atoms with Crippen molar-refractivity contribution in [3.8, 4) is 0 Å². The number of nitrogens with zero attached hydrogens (tertiary/aromatic N) is 2. The lowest BCUT2D eigenvalue weighted by molar-refractivity contribution is -0.137. The van der Waals surface area contributed by atoms with Crippen LogP contribution in [0.2, 0.25) is 0 Å². The van der Waals surface area contributed by atoms with Gasteiger partial charge in [0.05, 0.1) is 0 Å². The van der Waals surface area contributed by atoms with Gasteiger partial charge in [0.2, 0.25) is 11.8 Å². The molecule has 0 radical (unpaired) electrons. The summed E-state index contributed by atoms with van der Waals surface area (Å²) in [6.45, 7) is 1.46. The molecular formula is C25H30N2O2. The first-order chi connectivity index (χ1) is 14.1. The van der Waals surface area contributed by atoms with Crippen LogP contribution in [0.5, 0.6) is 0 Å². The molecule has 152 valence electrons. The molecule has 0 atom stereocenters. The molecule has 4 rings (SSSR count). The van der Waals surface area contributed by atoms with E-state index in [-0.39, 0.29) is 23.7 Å². The number of carbonyl (C=O) groups excluding carboxylic acids is 2. The minimum absolute atomic E-state index is 0.0430. The van der Waals surface area contributed by atoms with Crippen molar-refractivity contribution in [3.63, 3.8) is 0 Å². The second-order valence-electron chi connectivity index (χ2n) is 8.45. The lowest BCUT2D eigenvalue weighted by Gasteiger charge is -2.35. The molecule has 1 aliphatic heterocycles. The fourth-order valence-corrected chi connectivity index (χ4v) is 4.82. The first-order valence-corrected chi connectivity index (χ1v) is 10.8. The minimum Gasteiger partial charge on any atom is -0.341 e. The molecule has 2 aliphatic rings. The molecule has 2 amide bonds. The van der Waals surface area contributed by atoms with Crippen LogP contribution in [0, 0.1) is 11.8 Å². The maximum Gasteiger partial charge on any atom is 0.230 e. The molecule has 1 aliphatic carbocycles. The fourth-order valence-electron chi connectivity index (χ4n) is 4.82. The fraction of sp³-hybridized carbons (Fsp3) is 0.440. The summed E-state index contributed by atoms with van der Waals surface area (Å²) in [5.74, 6) is 0.551. The third-order valence-corrected chi connectivity index (χ3v) is 6.44. The second-order valence-corrected chi connectivity index (χ2v) is 8.45. The van der Waals surface area contributed by atoms with Crippen molar-refractivity contribution >= 4 is 17.5 Å². The van der Waals surface area contributed by atoms with Crippen LogP contribution < -0.4 is 4.90 Å². The van der Waals surface area contributed by atoms with Crippen molar-refractivity contribution in [2.45, 2.75) is 45.1 Å². The molecule has 1 heterocycles. The van der Waals surface area contributed by atoms with Crippen LogP contribution in [0.1, 0.15) is 43.2 Å². The van der Waals surface area contributed by atoms with Gasteiger partial charge in [0.15, 0.2) is 0 Å². The van der Waals surface area contributed by atoms with Gasteiger partial charge in [-0.1, -0.05) is 48.5 Å². The van der Waals surface area contributed by atoms with Crippen LogP contribution in [0.4, 0.5) is 5.69 Å². The van der Waals surface area contributed by atoms with Crippen LogP contribution in [0.25, 0.3) is 0 Å². The number of aryl methyl sites for hydroxylation is 1. The Morgan fingerprint density at radius 3 is 2.34 bits per heavy atom. The molecule has 2 aromatic carbocycles. The molecule has 1 fully saturated rings. The van der Waals surface area contributed by atoms with Crippen molar-refractivity contribution in [1.29, 1.82) is 0 Å². The largest absolute Gasteiger partial charge is 0.341 e. The van der Waals surface area contributed by atoms with Gasteiger partial charge in [-0.3, -0.25) is 9.59 Å². The van der Waals surface area contributed by atoms with E-state index in [0.717, 1.165) is 56.3 Å². The monoisotopic (exact) mass is 390 g/mol. The van der Waals surface area contributed by atoms with Gasteiger partial charge in [0.25, 0.3) is 0 Å². The highest BCUT2D eigenvalue weighted by Gasteiger charge is 2.34. The molecule has 0 aromatic heterocycles. The van der Waals surface area contributed by atoms with Gasteiger partial charge in [-0.05, 0) is 55.7 Å². The van der Waals surface area contributed by atoms with Gasteiger partial charge in [-0.25, -0.2) is 0 Å². The summed E-state index contributed by atoms with van der Waals surface area (Å²) in [6.07, 6.45) is 5.32. The van der Waals surface area contributed by atoms with E-state index in [4.69, 9.17) is 0 Å². The highest BCUT2D eigenvalue weighted by atomic mass is 16.2. The van der Waals surface area contributed by atoms with Gasteiger partial charge in [-0.15, -0.1) is 0 Å². The number of carbonyl (C=O) groups is 2. The molecule has 2 aromatic rings. The van der Waals surface area contributed by atoms with E-state index in [1.807, 2.05) is 41.1 Å². The average molecular weight is 391 g/mol. The van der Waals surface area contributed by atoms with Crippen molar-refractivity contribution in [1.82, 2.24) is 4.90 Å². The summed E-state index contributed by atoms with van der Waals surface area (Å²) >= 11 is 0. The van der Waals surface area contributed by atoms with Crippen LogP contribution >= 0.6 is 0 Å². The van der Waals surface area contributed by atoms with E-state index in [1.54, 1.807) is 0 Å². The third kappa shape index (κ3) is 4.36. The smallest absolute Gasteiger partial charge is 0.230 e. The van der Waals surface area contributed by atoms with Crippen molar-refractivity contribution < 1.29 is 9.59 Å². The molecule has 0 saturated heterocycles. The van der Waals surface area contributed by atoms with Crippen molar-refractivity contribution in [2.75, 3.05) is 18.5 Å². The number of para-hydroxylation sites is 1. The third-order valence-electron chi connectivity index (χ3n) is 6.44. The highest BCUT2D eigenvalue weighted by Crippen LogP contribution is 2.34. The van der Waals surface area contributed by atoms with E-state index < -0.39 is 0 Å². The molecule has 4 heteroatoms. The molecule has 0 unspecified atom stereocenters. The quantitative estimate of drug-likeness (QED) is 0.775. The number of rotatable bonds is 4. The molecule has 0 bridgehead atoms. The van der Waals surface area contributed by atoms with Crippen LogP contribution in [-0.2, 0) is 22.6 Å². The predicted molar refractivity (Wildman–Crippen MR) is 115 cm³/mol. The number of anilines is 1. The zero-order chi connectivity index (χ0) is 20.2. The molecule has 0 spiro atoms. The standard InChI is InChI=1S/C25H30N2O2/c1-26(18-19-8-3-2-4-9-19)24(28)21-13-15-22(16-14-21)25(29)27-17-7-11-20-10-5-6-12-23(20)27/h2-6,8-10,12,21-22H,7,11,13-18H2,1H3. The van der Waals surface area contributed by atoms with Crippen molar-refractivity contribution in [3.05, 3.63) is 65.7 Å². The van der Waals surface area contributed by atoms with Gasteiger partial charge in [0, 0.05) is 37.7 Å². The Morgan fingerprint density at radius 1 is 0.931 bits per heavy atom. The van der Waals surface area contributed by atoms with Gasteiger partial charge in [-0.2, -0.15) is 0 Å². The summed E-state index contributed by atoms with van der Waals surface area (Å²) in [7, 11) is 1.89. The van der Waals surface area contributed by atoms with Crippen molar-refractivity contribution in [2.24, 2.45) is 11.8 Å². The number of hydrogen-bond acceptors (Lipinski definition) is 2. The summed E-state index contributed by atoms with van der Waals surface area (Å²) < 4.78 is 0. The summed E-state index contributed by atoms with van der Waals surface area (Å²) in [5, 5.41) is 0. The zero-order valence-corrected chi connectivity index (χ0v) is 17.2. The first kappa shape index (κ1) is 19.7. The number of hydrogen-bond donors (Lipinski definition) is 0. The zero-order valence-electron chi connectivity index (χ0n) is 17.2. The molecule has 29 heavy (non-hydrogen) atoms. The lowest BCUT2D eigenvalue weighted by atomic mass is 9.80. The van der Waals surface area contributed by atoms with E-state index in [2.05, 4.69) is 30.3 Å². The predicted octanol–water partition coefficient (Wildman–Crippen LogP) is 4.43. The number of fused-ring (bicyclic) bond motifs is 1. The maximum absolute atomic E-state index is 13.2. The van der Waals surface area contributed by atoms with Gasteiger partial charge in [0.1, 0.15) is 0 Å². The summed E-state index contributed by atoms with van der Waals surface area (Å²) in [5.41, 5.74) is 3.51. The second kappa shape index (κ2) is 8.81. The Balaban J connectivity index is 1.33. The number of amides is 2. The van der Waals surface area contributed by atoms with Crippen LogP contribution in [0.3, 0.4) is 0 Å².